The molecule has 0 aliphatic heterocycles. The molecule has 0 spiro atoms. The van der Waals surface area contributed by atoms with Crippen molar-refractivity contribution in [2.24, 2.45) is 5.11 Å². The van der Waals surface area contributed by atoms with Crippen LogP contribution >= 0.6 is 0 Å². The number of amides is 1. The van der Waals surface area contributed by atoms with E-state index in [4.69, 9.17) is 5.53 Å². The molecular weight excluding hydrogens is 212 g/mol. The summed E-state index contributed by atoms with van der Waals surface area (Å²) in [5.74, 6) is -0.329. The Balaban J connectivity index is 2.38. The Labute approximate surface area is 90.7 Å². The molecule has 1 amide bonds. The molecule has 0 radical (unpaired) electrons. The zero-order valence-electron chi connectivity index (χ0n) is 8.42. The van der Waals surface area contributed by atoms with Crippen molar-refractivity contribution < 1.29 is 9.21 Å². The summed E-state index contributed by atoms with van der Waals surface area (Å²) in [5.41, 5.74) is 7.79. The van der Waals surface area contributed by atoms with E-state index in [1.165, 1.54) is 12.1 Å². The van der Waals surface area contributed by atoms with Crippen LogP contribution in [0, 0.1) is 0 Å². The standard InChI is InChI=1S/C9H10N4O3/c10-13-12-5-1-4-11-9(15)7-2-3-8(14)16-6-7/h2-3,6H,1,4-5H2,(H,11,15). The lowest BCUT2D eigenvalue weighted by molar-refractivity contribution is 0.0951. The Morgan fingerprint density at radius 3 is 3.00 bits per heavy atom. The number of nitrogens with zero attached hydrogens (tertiary/aromatic N) is 3. The van der Waals surface area contributed by atoms with Gasteiger partial charge >= 0.3 is 5.63 Å². The number of carbonyl (C=O) groups excluding carboxylic acids is 1. The van der Waals surface area contributed by atoms with Crippen molar-refractivity contribution in [3.63, 3.8) is 0 Å². The summed E-state index contributed by atoms with van der Waals surface area (Å²) in [6.45, 7) is 0.734. The number of nitrogens with one attached hydrogen (secondary N) is 1. The molecule has 1 N–H and O–H groups in total. The van der Waals surface area contributed by atoms with Crippen LogP contribution in [0.5, 0.6) is 0 Å². The molecule has 0 saturated carbocycles. The molecule has 0 aliphatic carbocycles. The Bertz CT molecular complexity index is 442. The Kier molecular flexibility index (Phi) is 4.62. The summed E-state index contributed by atoms with van der Waals surface area (Å²) in [6, 6.07) is 2.56. The highest BCUT2D eigenvalue weighted by molar-refractivity contribution is 5.93. The molecule has 0 saturated heterocycles. The number of azide groups is 1. The van der Waals surface area contributed by atoms with E-state index < -0.39 is 5.63 Å². The van der Waals surface area contributed by atoms with Crippen molar-refractivity contribution in [1.82, 2.24) is 5.32 Å². The van der Waals surface area contributed by atoms with Gasteiger partial charge in [-0.3, -0.25) is 4.79 Å². The molecule has 0 atom stereocenters. The third-order valence-corrected chi connectivity index (χ3v) is 1.75. The van der Waals surface area contributed by atoms with Crippen LogP contribution in [0.15, 0.2) is 32.7 Å². The maximum absolute atomic E-state index is 11.4. The Morgan fingerprint density at radius 1 is 1.56 bits per heavy atom. The SMILES string of the molecule is [N-]=[N+]=NCCCNC(=O)c1ccc(=O)oc1. The van der Waals surface area contributed by atoms with Crippen LogP contribution < -0.4 is 10.9 Å². The highest BCUT2D eigenvalue weighted by atomic mass is 16.4. The second-order valence-corrected chi connectivity index (χ2v) is 2.91. The van der Waals surface area contributed by atoms with Crippen molar-refractivity contribution in [2.45, 2.75) is 6.42 Å². The molecule has 0 bridgehead atoms. The predicted octanol–water partition coefficient (Wildman–Crippen LogP) is 1.07. The van der Waals surface area contributed by atoms with Crippen LogP contribution in [0.25, 0.3) is 10.4 Å². The van der Waals surface area contributed by atoms with Gasteiger partial charge in [0.05, 0.1) is 5.56 Å². The quantitative estimate of drug-likeness (QED) is 0.348. The van der Waals surface area contributed by atoms with E-state index in [0.29, 0.717) is 19.5 Å². The molecule has 1 aromatic rings. The van der Waals surface area contributed by atoms with Gasteiger partial charge in [-0.2, -0.15) is 0 Å². The van der Waals surface area contributed by atoms with Gasteiger partial charge in [0.15, 0.2) is 0 Å². The van der Waals surface area contributed by atoms with Gasteiger partial charge in [-0.25, -0.2) is 4.79 Å². The molecule has 7 heteroatoms. The van der Waals surface area contributed by atoms with Crippen molar-refractivity contribution >= 4 is 5.91 Å². The molecule has 0 unspecified atom stereocenters. The minimum Gasteiger partial charge on any atom is -0.430 e. The van der Waals surface area contributed by atoms with Gasteiger partial charge in [-0.1, -0.05) is 5.11 Å². The largest absolute Gasteiger partial charge is 0.430 e. The average Bonchev–Trinajstić information content (AvgIpc) is 2.29. The summed E-state index contributed by atoms with van der Waals surface area (Å²) < 4.78 is 4.54. The number of carbonyl (C=O) groups is 1. The molecule has 0 fully saturated rings. The minimum atomic E-state index is -0.500. The summed E-state index contributed by atoms with van der Waals surface area (Å²) >= 11 is 0. The fourth-order valence-electron chi connectivity index (χ4n) is 0.986. The maximum Gasteiger partial charge on any atom is 0.335 e. The van der Waals surface area contributed by atoms with Gasteiger partial charge in [0.2, 0.25) is 0 Å². The highest BCUT2D eigenvalue weighted by Crippen LogP contribution is 1.94. The smallest absolute Gasteiger partial charge is 0.335 e. The Morgan fingerprint density at radius 2 is 2.38 bits per heavy atom. The molecule has 0 aromatic carbocycles. The third-order valence-electron chi connectivity index (χ3n) is 1.75. The first kappa shape index (κ1) is 11.8. The minimum absolute atomic E-state index is 0.281. The van der Waals surface area contributed by atoms with Crippen molar-refractivity contribution in [3.8, 4) is 0 Å². The first-order valence-electron chi connectivity index (χ1n) is 4.62. The van der Waals surface area contributed by atoms with E-state index in [1.54, 1.807) is 0 Å². The van der Waals surface area contributed by atoms with Gasteiger partial charge in [0.25, 0.3) is 5.91 Å². The zero-order valence-corrected chi connectivity index (χ0v) is 8.42. The van der Waals surface area contributed by atoms with Crippen LogP contribution in [0.3, 0.4) is 0 Å². The van der Waals surface area contributed by atoms with Gasteiger partial charge in [-0.15, -0.1) is 0 Å². The van der Waals surface area contributed by atoms with E-state index in [2.05, 4.69) is 19.8 Å². The van der Waals surface area contributed by atoms with E-state index >= 15 is 0 Å². The van der Waals surface area contributed by atoms with E-state index in [0.717, 1.165) is 6.26 Å². The van der Waals surface area contributed by atoms with Gasteiger partial charge < -0.3 is 9.73 Å². The fraction of sp³-hybridized carbons (Fsp3) is 0.333. The van der Waals surface area contributed by atoms with Gasteiger partial charge in [-0.05, 0) is 18.0 Å². The van der Waals surface area contributed by atoms with E-state index in [-0.39, 0.29) is 11.5 Å². The summed E-state index contributed by atoms with van der Waals surface area (Å²) in [7, 11) is 0. The molecule has 84 valence electrons. The average molecular weight is 222 g/mol. The molecule has 0 aliphatic rings. The Hall–Kier alpha value is -2.27. The molecule has 16 heavy (non-hydrogen) atoms. The molecule has 1 heterocycles. The predicted molar refractivity (Wildman–Crippen MR) is 55.9 cm³/mol. The lowest BCUT2D eigenvalue weighted by Gasteiger charge is -2.02. The van der Waals surface area contributed by atoms with E-state index in [1.807, 2.05) is 0 Å². The molecule has 1 aromatic heterocycles. The van der Waals surface area contributed by atoms with Crippen molar-refractivity contribution in [2.75, 3.05) is 13.1 Å². The highest BCUT2D eigenvalue weighted by Gasteiger charge is 2.04. The van der Waals surface area contributed by atoms with Gasteiger partial charge in [0.1, 0.15) is 6.26 Å². The second-order valence-electron chi connectivity index (χ2n) is 2.91. The monoisotopic (exact) mass is 222 g/mol. The zero-order chi connectivity index (χ0) is 11.8. The van der Waals surface area contributed by atoms with Crippen molar-refractivity contribution in [3.05, 3.63) is 44.8 Å². The van der Waals surface area contributed by atoms with Crippen LogP contribution in [0.1, 0.15) is 16.8 Å². The molecule has 1 rings (SSSR count). The first-order valence-corrected chi connectivity index (χ1v) is 4.62. The van der Waals surface area contributed by atoms with Crippen LogP contribution in [0.2, 0.25) is 0 Å². The molecule has 7 nitrogen and oxygen atoms in total. The lowest BCUT2D eigenvalue weighted by atomic mass is 10.3. The topological polar surface area (TPSA) is 108 Å². The summed E-state index contributed by atoms with van der Waals surface area (Å²) in [6.07, 6.45) is 1.66. The van der Waals surface area contributed by atoms with Crippen LogP contribution in [0.4, 0.5) is 0 Å². The second kappa shape index (κ2) is 6.26. The number of hydrogen-bond donors (Lipinski definition) is 1. The summed E-state index contributed by atoms with van der Waals surface area (Å²) in [5, 5.41) is 5.92. The van der Waals surface area contributed by atoms with Gasteiger partial charge in [0, 0.05) is 24.1 Å². The lowest BCUT2D eigenvalue weighted by Crippen LogP contribution is -2.25. The third kappa shape index (κ3) is 3.85. The number of rotatable bonds is 5. The van der Waals surface area contributed by atoms with E-state index in [9.17, 15) is 9.59 Å². The maximum atomic E-state index is 11.4. The fourth-order valence-corrected chi connectivity index (χ4v) is 0.986. The normalized spacial score (nSPS) is 9.25. The van der Waals surface area contributed by atoms with Crippen LogP contribution in [-0.4, -0.2) is 19.0 Å². The number of hydrogen-bond acceptors (Lipinski definition) is 4. The first-order chi connectivity index (χ1) is 7.74. The van der Waals surface area contributed by atoms with Crippen LogP contribution in [-0.2, 0) is 0 Å². The summed E-state index contributed by atoms with van der Waals surface area (Å²) in [4.78, 5) is 24.6. The molecular formula is C9H10N4O3. The van der Waals surface area contributed by atoms with Crippen molar-refractivity contribution in [1.29, 1.82) is 0 Å².